The quantitative estimate of drug-likeness (QED) is 0.198. The van der Waals surface area contributed by atoms with Crippen molar-refractivity contribution in [1.82, 2.24) is 14.5 Å². The highest BCUT2D eigenvalue weighted by Crippen LogP contribution is 2.52. The number of benzene rings is 7. The topological polar surface area (TPSA) is 30.7 Å². The van der Waals surface area contributed by atoms with Gasteiger partial charge in [0.15, 0.2) is 0 Å². The first-order chi connectivity index (χ1) is 23.6. The van der Waals surface area contributed by atoms with Crippen molar-refractivity contribution < 1.29 is 0 Å². The molecule has 226 valence electrons. The van der Waals surface area contributed by atoms with Crippen molar-refractivity contribution in [3.05, 3.63) is 163 Å². The number of hydrogen-bond acceptors (Lipinski definition) is 2. The van der Waals surface area contributed by atoms with Crippen LogP contribution in [0.3, 0.4) is 0 Å². The first-order valence-corrected chi connectivity index (χ1v) is 16.6. The first kappa shape index (κ1) is 27.1. The van der Waals surface area contributed by atoms with Gasteiger partial charge in [0.1, 0.15) is 0 Å². The fourth-order valence-corrected chi connectivity index (χ4v) is 8.06. The Bertz CT molecular complexity index is 2750. The van der Waals surface area contributed by atoms with Crippen LogP contribution in [0.2, 0.25) is 0 Å². The number of rotatable bonds is 3. The Hall–Kier alpha value is -6.06. The molecule has 0 N–H and O–H groups in total. The Balaban J connectivity index is 1.33. The van der Waals surface area contributed by atoms with Crippen LogP contribution in [-0.4, -0.2) is 14.5 Å². The fourth-order valence-electron chi connectivity index (χ4n) is 8.06. The van der Waals surface area contributed by atoms with Crippen molar-refractivity contribution in [3.8, 4) is 39.5 Å². The summed E-state index contributed by atoms with van der Waals surface area (Å²) < 4.78 is 2.26. The van der Waals surface area contributed by atoms with Crippen molar-refractivity contribution in [2.45, 2.75) is 19.3 Å². The van der Waals surface area contributed by atoms with Crippen molar-refractivity contribution in [3.63, 3.8) is 0 Å². The van der Waals surface area contributed by atoms with Crippen LogP contribution >= 0.6 is 0 Å². The highest BCUT2D eigenvalue weighted by atomic mass is 15.2. The van der Waals surface area contributed by atoms with Crippen LogP contribution in [0.5, 0.6) is 0 Å². The lowest BCUT2D eigenvalue weighted by Gasteiger charge is -2.21. The molecular weight excluding hydrogens is 583 g/mol. The summed E-state index contributed by atoms with van der Waals surface area (Å²) in [5.41, 5.74) is 12.6. The molecular formula is C45H31N3. The summed E-state index contributed by atoms with van der Waals surface area (Å²) in [6.45, 7) is 4.67. The predicted octanol–water partition coefficient (Wildman–Crippen LogP) is 11.5. The minimum Gasteiger partial charge on any atom is -0.278 e. The lowest BCUT2D eigenvalue weighted by Crippen LogP contribution is -2.14. The molecule has 48 heavy (non-hydrogen) atoms. The van der Waals surface area contributed by atoms with Crippen LogP contribution in [0, 0.1) is 0 Å². The number of para-hydroxylation sites is 1. The second-order valence-electron chi connectivity index (χ2n) is 13.4. The Morgan fingerprint density at radius 3 is 2.06 bits per heavy atom. The van der Waals surface area contributed by atoms with E-state index in [2.05, 4.69) is 170 Å². The van der Waals surface area contributed by atoms with Gasteiger partial charge in [-0.1, -0.05) is 135 Å². The van der Waals surface area contributed by atoms with Crippen LogP contribution in [0.1, 0.15) is 25.0 Å². The number of nitrogens with zero attached hydrogens (tertiary/aromatic N) is 3. The third-order valence-corrected chi connectivity index (χ3v) is 10.4. The molecule has 0 atom stereocenters. The average molecular weight is 614 g/mol. The van der Waals surface area contributed by atoms with Crippen molar-refractivity contribution in [2.75, 3.05) is 0 Å². The molecule has 1 aliphatic rings. The van der Waals surface area contributed by atoms with Gasteiger partial charge < -0.3 is 0 Å². The van der Waals surface area contributed by atoms with Gasteiger partial charge in [-0.15, -0.1) is 0 Å². The molecule has 2 heterocycles. The second-order valence-corrected chi connectivity index (χ2v) is 13.4. The third-order valence-electron chi connectivity index (χ3n) is 10.4. The van der Waals surface area contributed by atoms with Crippen molar-refractivity contribution >= 4 is 43.5 Å². The average Bonchev–Trinajstić information content (AvgIpc) is 3.58. The minimum absolute atomic E-state index is 0.109. The molecule has 0 bridgehead atoms. The molecule has 0 amide bonds. The van der Waals surface area contributed by atoms with E-state index in [0.717, 1.165) is 38.8 Å². The molecule has 0 spiro atoms. The second kappa shape index (κ2) is 9.97. The monoisotopic (exact) mass is 613 g/mol. The highest BCUT2D eigenvalue weighted by molar-refractivity contribution is 6.13. The van der Waals surface area contributed by atoms with E-state index >= 15 is 0 Å². The van der Waals surface area contributed by atoms with Crippen molar-refractivity contribution in [2.24, 2.45) is 0 Å². The summed E-state index contributed by atoms with van der Waals surface area (Å²) in [7, 11) is 0. The highest BCUT2D eigenvalue weighted by Gasteiger charge is 2.37. The first-order valence-electron chi connectivity index (χ1n) is 16.6. The number of hydrogen-bond donors (Lipinski definition) is 0. The molecule has 1 aliphatic carbocycles. The zero-order valence-electron chi connectivity index (χ0n) is 26.8. The zero-order valence-corrected chi connectivity index (χ0v) is 26.8. The molecule has 0 radical (unpaired) electrons. The fraction of sp³-hybridized carbons (Fsp3) is 0.0667. The van der Waals surface area contributed by atoms with Crippen LogP contribution in [0.25, 0.3) is 82.9 Å². The third kappa shape index (κ3) is 3.82. The smallest absolute Gasteiger partial charge is 0.235 e. The van der Waals surface area contributed by atoms with E-state index in [9.17, 15) is 0 Å². The maximum absolute atomic E-state index is 5.55. The van der Waals surface area contributed by atoms with Gasteiger partial charge >= 0.3 is 0 Å². The molecule has 10 rings (SSSR count). The zero-order chi connectivity index (χ0) is 32.0. The van der Waals surface area contributed by atoms with E-state index in [-0.39, 0.29) is 5.41 Å². The summed E-state index contributed by atoms with van der Waals surface area (Å²) in [4.78, 5) is 10.9. The normalized spacial score (nSPS) is 13.4. The summed E-state index contributed by atoms with van der Waals surface area (Å²) in [5, 5.41) is 5.85. The van der Waals surface area contributed by atoms with E-state index in [1.165, 1.54) is 49.4 Å². The SMILES string of the molecule is CC1(C)c2ccccc2-c2c(-c3nc(-n4c5ccccc5c5cc6ccccc6cc54)nc4cc(-c5ccccc5)ccc34)cccc21. The van der Waals surface area contributed by atoms with Crippen LogP contribution < -0.4 is 0 Å². The standard InChI is InChI=1S/C45H31N3/c1-45(2)37-20-10-8-18-33(37)42-35(19-12-21-38(42)45)43-34-24-23-31(28-13-4-3-5-14-28)26-39(34)46-44(47-43)48-40-22-11-9-17-32(40)36-25-29-15-6-7-16-30(29)27-41(36)48/h3-27H,1-2H3. The van der Waals surface area contributed by atoms with Gasteiger partial charge in [-0.3, -0.25) is 4.57 Å². The molecule has 2 aromatic heterocycles. The molecule has 7 aromatic carbocycles. The lowest BCUT2D eigenvalue weighted by atomic mass is 9.82. The van der Waals surface area contributed by atoms with Crippen LogP contribution in [0.4, 0.5) is 0 Å². The minimum atomic E-state index is -0.109. The maximum Gasteiger partial charge on any atom is 0.235 e. The van der Waals surface area contributed by atoms with E-state index in [0.29, 0.717) is 5.95 Å². The van der Waals surface area contributed by atoms with Gasteiger partial charge in [-0.05, 0) is 74.5 Å². The molecule has 0 aliphatic heterocycles. The largest absolute Gasteiger partial charge is 0.278 e. The van der Waals surface area contributed by atoms with Gasteiger partial charge in [0.25, 0.3) is 0 Å². The molecule has 0 saturated heterocycles. The van der Waals surface area contributed by atoms with Gasteiger partial charge in [0.05, 0.1) is 22.2 Å². The summed E-state index contributed by atoms with van der Waals surface area (Å²) in [6.07, 6.45) is 0. The molecule has 0 saturated carbocycles. The van der Waals surface area contributed by atoms with Crippen LogP contribution in [0.15, 0.2) is 152 Å². The van der Waals surface area contributed by atoms with Gasteiger partial charge in [-0.25, -0.2) is 9.97 Å². The lowest BCUT2D eigenvalue weighted by molar-refractivity contribution is 0.660. The van der Waals surface area contributed by atoms with E-state index in [1.807, 2.05) is 0 Å². The molecule has 0 fully saturated rings. The molecule has 9 aromatic rings. The summed E-state index contributed by atoms with van der Waals surface area (Å²) in [6, 6.07) is 54.6. The summed E-state index contributed by atoms with van der Waals surface area (Å²) in [5.74, 6) is 0.673. The van der Waals surface area contributed by atoms with E-state index in [1.54, 1.807) is 0 Å². The van der Waals surface area contributed by atoms with E-state index < -0.39 is 0 Å². The molecule has 3 heteroatoms. The molecule has 3 nitrogen and oxygen atoms in total. The van der Waals surface area contributed by atoms with Crippen LogP contribution in [-0.2, 0) is 5.41 Å². The summed E-state index contributed by atoms with van der Waals surface area (Å²) >= 11 is 0. The van der Waals surface area contributed by atoms with Gasteiger partial charge in [-0.2, -0.15) is 0 Å². The number of fused-ring (bicyclic) bond motifs is 8. The Morgan fingerprint density at radius 1 is 0.479 bits per heavy atom. The predicted molar refractivity (Wildman–Crippen MR) is 200 cm³/mol. The van der Waals surface area contributed by atoms with Gasteiger partial charge in [0.2, 0.25) is 5.95 Å². The Morgan fingerprint density at radius 2 is 1.19 bits per heavy atom. The van der Waals surface area contributed by atoms with Gasteiger partial charge in [0, 0.05) is 27.1 Å². The Kier molecular flexibility index (Phi) is 5.63. The maximum atomic E-state index is 5.55. The molecule has 0 unspecified atom stereocenters. The number of aromatic nitrogens is 3. The van der Waals surface area contributed by atoms with Crippen molar-refractivity contribution in [1.29, 1.82) is 0 Å². The van der Waals surface area contributed by atoms with E-state index in [4.69, 9.17) is 9.97 Å². The Labute approximate surface area is 278 Å².